The molecule has 3 aromatic rings. The molecule has 0 saturated heterocycles. The van der Waals surface area contributed by atoms with Gasteiger partial charge in [-0.1, -0.05) is 35.9 Å². The molecule has 19 heavy (non-hydrogen) atoms. The van der Waals surface area contributed by atoms with E-state index in [1.54, 1.807) is 11.8 Å². The number of hydrogen-bond donors (Lipinski definition) is 1. The van der Waals surface area contributed by atoms with Gasteiger partial charge in [-0.2, -0.15) is 0 Å². The fourth-order valence-corrected chi connectivity index (χ4v) is 2.93. The van der Waals surface area contributed by atoms with Crippen LogP contribution in [-0.2, 0) is 5.75 Å². The summed E-state index contributed by atoms with van der Waals surface area (Å²) in [5.74, 6) is 0.975. The first-order chi connectivity index (χ1) is 9.20. The lowest BCUT2D eigenvalue weighted by Crippen LogP contribution is -2.01. The minimum Gasteiger partial charge on any atom is -0.231 e. The van der Waals surface area contributed by atoms with Crippen molar-refractivity contribution >= 4 is 22.8 Å². The molecular formula is C16H17N2S+. The van der Waals surface area contributed by atoms with Crippen molar-refractivity contribution in [3.05, 3.63) is 59.2 Å². The maximum Gasteiger partial charge on any atom is 0.314 e. The normalized spacial score (nSPS) is 11.1. The molecule has 1 aromatic heterocycles. The van der Waals surface area contributed by atoms with E-state index in [9.17, 15) is 0 Å². The SMILES string of the molecule is Cc1ccc(CSc2[nH]c3cc(C)ccc3[nH+]2)cc1. The zero-order valence-corrected chi connectivity index (χ0v) is 12.0. The van der Waals surface area contributed by atoms with Gasteiger partial charge in [-0.05, 0) is 48.9 Å². The van der Waals surface area contributed by atoms with Crippen LogP contribution >= 0.6 is 11.8 Å². The standard InChI is InChI=1S/C16H16N2S/c1-11-3-6-13(7-4-11)10-19-16-17-14-8-5-12(2)9-15(14)18-16/h3-9H,10H2,1-2H3,(H,17,18)/p+1. The zero-order chi connectivity index (χ0) is 13.2. The molecule has 3 rings (SSSR count). The van der Waals surface area contributed by atoms with Crippen LogP contribution < -0.4 is 4.98 Å². The highest BCUT2D eigenvalue weighted by atomic mass is 32.2. The fraction of sp³-hybridized carbons (Fsp3) is 0.188. The van der Waals surface area contributed by atoms with E-state index in [0.717, 1.165) is 16.4 Å². The average molecular weight is 269 g/mol. The Balaban J connectivity index is 1.76. The number of imidazole rings is 1. The summed E-state index contributed by atoms with van der Waals surface area (Å²) in [6.45, 7) is 4.23. The van der Waals surface area contributed by atoms with Crippen molar-refractivity contribution in [1.29, 1.82) is 0 Å². The van der Waals surface area contributed by atoms with Crippen LogP contribution in [0.4, 0.5) is 0 Å². The minimum absolute atomic E-state index is 0.975. The Bertz CT molecular complexity index is 698. The van der Waals surface area contributed by atoms with Gasteiger partial charge in [0.1, 0.15) is 0 Å². The highest BCUT2D eigenvalue weighted by Crippen LogP contribution is 2.20. The van der Waals surface area contributed by atoms with E-state index in [1.807, 2.05) is 0 Å². The van der Waals surface area contributed by atoms with Gasteiger partial charge in [-0.3, -0.25) is 0 Å². The molecule has 0 unspecified atom stereocenters. The fourth-order valence-electron chi connectivity index (χ4n) is 2.06. The molecule has 2 N–H and O–H groups in total. The molecule has 0 amide bonds. The summed E-state index contributed by atoms with van der Waals surface area (Å²) in [5.41, 5.74) is 6.27. The number of hydrogen-bond acceptors (Lipinski definition) is 1. The Labute approximate surface area is 117 Å². The monoisotopic (exact) mass is 269 g/mol. The van der Waals surface area contributed by atoms with Crippen LogP contribution in [0.15, 0.2) is 47.6 Å². The van der Waals surface area contributed by atoms with Crippen molar-refractivity contribution in [2.24, 2.45) is 0 Å². The van der Waals surface area contributed by atoms with Gasteiger partial charge in [0.05, 0.1) is 0 Å². The summed E-state index contributed by atoms with van der Waals surface area (Å²) in [5, 5.41) is 1.11. The molecule has 0 atom stereocenters. The number of H-pyrrole nitrogens is 2. The van der Waals surface area contributed by atoms with E-state index in [-0.39, 0.29) is 0 Å². The second-order valence-corrected chi connectivity index (χ2v) is 5.89. The van der Waals surface area contributed by atoms with Gasteiger partial charge in [0.2, 0.25) is 0 Å². The molecule has 0 fully saturated rings. The van der Waals surface area contributed by atoms with E-state index < -0.39 is 0 Å². The van der Waals surface area contributed by atoms with Crippen molar-refractivity contribution in [3.8, 4) is 0 Å². The van der Waals surface area contributed by atoms with E-state index in [0.29, 0.717) is 0 Å². The van der Waals surface area contributed by atoms with E-state index >= 15 is 0 Å². The number of aromatic amines is 2. The summed E-state index contributed by atoms with van der Waals surface area (Å²) in [6.07, 6.45) is 0. The number of aryl methyl sites for hydroxylation is 2. The summed E-state index contributed by atoms with van der Waals surface area (Å²) in [7, 11) is 0. The lowest BCUT2D eigenvalue weighted by molar-refractivity contribution is -0.396. The molecule has 3 heteroatoms. The summed E-state index contributed by atoms with van der Waals surface area (Å²) in [4.78, 5) is 6.84. The van der Waals surface area contributed by atoms with Crippen molar-refractivity contribution < 1.29 is 4.98 Å². The molecule has 2 nitrogen and oxygen atoms in total. The van der Waals surface area contributed by atoms with Crippen LogP contribution in [0.25, 0.3) is 11.0 Å². The summed E-state index contributed by atoms with van der Waals surface area (Å²) in [6, 6.07) is 15.1. The zero-order valence-electron chi connectivity index (χ0n) is 11.2. The predicted molar refractivity (Wildman–Crippen MR) is 80.3 cm³/mol. The Morgan fingerprint density at radius 3 is 2.53 bits per heavy atom. The van der Waals surface area contributed by atoms with Gasteiger partial charge in [-0.25, -0.2) is 9.97 Å². The molecule has 0 bridgehead atoms. The molecule has 96 valence electrons. The van der Waals surface area contributed by atoms with Crippen molar-refractivity contribution in [2.75, 3.05) is 0 Å². The van der Waals surface area contributed by atoms with Crippen molar-refractivity contribution in [1.82, 2.24) is 4.98 Å². The van der Waals surface area contributed by atoms with Crippen LogP contribution in [0.3, 0.4) is 0 Å². The van der Waals surface area contributed by atoms with Gasteiger partial charge < -0.3 is 0 Å². The Morgan fingerprint density at radius 2 is 1.74 bits per heavy atom. The topological polar surface area (TPSA) is 29.9 Å². The largest absolute Gasteiger partial charge is 0.314 e. The molecule has 0 aliphatic heterocycles. The van der Waals surface area contributed by atoms with Crippen LogP contribution in [0, 0.1) is 13.8 Å². The number of thioether (sulfide) groups is 1. The Morgan fingerprint density at radius 1 is 1.00 bits per heavy atom. The quantitative estimate of drug-likeness (QED) is 0.718. The first-order valence-corrected chi connectivity index (χ1v) is 7.39. The predicted octanol–water partition coefficient (Wildman–Crippen LogP) is 3.89. The third-order valence-corrected chi connectivity index (χ3v) is 4.15. The van der Waals surface area contributed by atoms with Gasteiger partial charge in [0, 0.05) is 5.75 Å². The molecular weight excluding hydrogens is 252 g/mol. The van der Waals surface area contributed by atoms with E-state index in [1.165, 1.54) is 22.2 Å². The first-order valence-electron chi connectivity index (χ1n) is 6.41. The van der Waals surface area contributed by atoms with Gasteiger partial charge >= 0.3 is 5.16 Å². The highest BCUT2D eigenvalue weighted by molar-refractivity contribution is 7.98. The summed E-state index contributed by atoms with van der Waals surface area (Å²) >= 11 is 1.80. The molecule has 0 aliphatic carbocycles. The maximum atomic E-state index is 3.43. The van der Waals surface area contributed by atoms with E-state index in [4.69, 9.17) is 0 Å². The van der Waals surface area contributed by atoms with Crippen molar-refractivity contribution in [3.63, 3.8) is 0 Å². The number of rotatable bonds is 3. The van der Waals surface area contributed by atoms with Crippen molar-refractivity contribution in [2.45, 2.75) is 24.8 Å². The lowest BCUT2D eigenvalue weighted by atomic mass is 10.2. The second-order valence-electron chi connectivity index (χ2n) is 4.90. The molecule has 0 aliphatic rings. The lowest BCUT2D eigenvalue weighted by Gasteiger charge is -1.97. The smallest absolute Gasteiger partial charge is 0.231 e. The molecule has 0 saturated carbocycles. The first kappa shape index (κ1) is 12.3. The van der Waals surface area contributed by atoms with Crippen LogP contribution in [0.5, 0.6) is 0 Å². The van der Waals surface area contributed by atoms with Crippen LogP contribution in [-0.4, -0.2) is 4.98 Å². The summed E-state index contributed by atoms with van der Waals surface area (Å²) < 4.78 is 0. The molecule has 1 heterocycles. The number of nitrogens with one attached hydrogen (secondary N) is 2. The number of benzene rings is 2. The molecule has 2 aromatic carbocycles. The van der Waals surface area contributed by atoms with E-state index in [2.05, 4.69) is 66.3 Å². The minimum atomic E-state index is 0.975. The van der Waals surface area contributed by atoms with Crippen LogP contribution in [0.2, 0.25) is 0 Å². The number of aromatic nitrogens is 2. The van der Waals surface area contributed by atoms with Gasteiger partial charge in [-0.15, -0.1) is 0 Å². The third-order valence-electron chi connectivity index (χ3n) is 3.18. The average Bonchev–Trinajstić information content (AvgIpc) is 2.80. The third kappa shape index (κ3) is 2.82. The Kier molecular flexibility index (Phi) is 3.30. The highest BCUT2D eigenvalue weighted by Gasteiger charge is 2.10. The van der Waals surface area contributed by atoms with Gasteiger partial charge in [0.25, 0.3) is 0 Å². The second kappa shape index (κ2) is 5.10. The Hall–Kier alpha value is -1.74. The van der Waals surface area contributed by atoms with Crippen LogP contribution in [0.1, 0.15) is 16.7 Å². The molecule has 0 radical (unpaired) electrons. The maximum absolute atomic E-state index is 3.43. The number of fused-ring (bicyclic) bond motifs is 1. The molecule has 0 spiro atoms. The van der Waals surface area contributed by atoms with Gasteiger partial charge in [0.15, 0.2) is 11.0 Å².